The summed E-state index contributed by atoms with van der Waals surface area (Å²) in [7, 11) is -4.53. The van der Waals surface area contributed by atoms with Gasteiger partial charge in [-0.25, -0.2) is 4.79 Å². The lowest BCUT2D eigenvalue weighted by Crippen LogP contribution is -2.24. The molecule has 2 rings (SSSR count). The average Bonchev–Trinajstić information content (AvgIpc) is 2.25. The molecular weight excluding hydrogens is 284 g/mol. The van der Waals surface area contributed by atoms with E-state index in [0.717, 1.165) is 0 Å². The number of aromatic amines is 2. The third kappa shape index (κ3) is 2.66. The molecule has 0 unspecified atom stereocenters. The van der Waals surface area contributed by atoms with Crippen LogP contribution in [0.4, 0.5) is 0 Å². The molecule has 20 heavy (non-hydrogen) atoms. The number of hydrogen-bond acceptors (Lipinski definition) is 4. The molecule has 2 aromatic rings. The number of aromatic nitrogens is 2. The quantitative estimate of drug-likeness (QED) is 0.719. The van der Waals surface area contributed by atoms with Crippen molar-refractivity contribution in [2.45, 2.75) is 25.2 Å². The van der Waals surface area contributed by atoms with E-state index < -0.39 is 26.3 Å². The molecule has 0 aliphatic carbocycles. The molecule has 0 radical (unpaired) electrons. The predicted molar refractivity (Wildman–Crippen MR) is 73.5 cm³/mol. The number of benzene rings is 1. The zero-order valence-corrected chi connectivity index (χ0v) is 11.7. The van der Waals surface area contributed by atoms with Crippen LogP contribution in [0.15, 0.2) is 26.6 Å². The first kappa shape index (κ1) is 14.5. The lowest BCUT2D eigenvalue weighted by molar-refractivity contribution is 0.484. The predicted octanol–water partition coefficient (Wildman–Crippen LogP) is 0.662. The largest absolute Gasteiger partial charge is 0.326 e. The van der Waals surface area contributed by atoms with Gasteiger partial charge in [-0.2, -0.15) is 8.42 Å². The van der Waals surface area contributed by atoms with Crippen LogP contribution in [0.2, 0.25) is 0 Å². The minimum atomic E-state index is -4.53. The fourth-order valence-corrected chi connectivity index (χ4v) is 2.80. The van der Waals surface area contributed by atoms with Gasteiger partial charge in [0.2, 0.25) is 0 Å². The molecule has 0 spiro atoms. The van der Waals surface area contributed by atoms with Crippen molar-refractivity contribution in [1.82, 2.24) is 9.97 Å². The highest BCUT2D eigenvalue weighted by Crippen LogP contribution is 2.23. The Balaban J connectivity index is 2.97. The summed E-state index contributed by atoms with van der Waals surface area (Å²) in [5.41, 5.74) is -1.06. The van der Waals surface area contributed by atoms with Crippen molar-refractivity contribution in [1.29, 1.82) is 0 Å². The standard InChI is InChI=1S/C12H14N2O5S/c1-6(2)5-7-3-4-8(20(17,18)19)10-9(7)11(15)14-12(16)13-10/h3-4,6H,5H2,1-2H3,(H,17,18,19)(H2,13,14,15,16). The maximum atomic E-state index is 11.9. The molecule has 1 aromatic carbocycles. The molecule has 8 heteroatoms. The summed E-state index contributed by atoms with van der Waals surface area (Å²) in [4.78, 5) is 27.1. The highest BCUT2D eigenvalue weighted by Gasteiger charge is 2.19. The second kappa shape index (κ2) is 4.88. The number of fused-ring (bicyclic) bond motifs is 1. The SMILES string of the molecule is CC(C)Cc1ccc(S(=O)(=O)O)c2[nH]c(=O)[nH]c(=O)c12. The minimum absolute atomic E-state index is 0.0772. The van der Waals surface area contributed by atoms with Crippen LogP contribution < -0.4 is 11.2 Å². The maximum absolute atomic E-state index is 11.9. The Morgan fingerprint density at radius 2 is 1.85 bits per heavy atom. The lowest BCUT2D eigenvalue weighted by Gasteiger charge is -2.10. The average molecular weight is 298 g/mol. The van der Waals surface area contributed by atoms with Crippen LogP contribution in [0.1, 0.15) is 19.4 Å². The van der Waals surface area contributed by atoms with E-state index >= 15 is 0 Å². The van der Waals surface area contributed by atoms with Crippen molar-refractivity contribution in [2.24, 2.45) is 5.92 Å². The van der Waals surface area contributed by atoms with Crippen molar-refractivity contribution < 1.29 is 13.0 Å². The van der Waals surface area contributed by atoms with E-state index in [2.05, 4.69) is 9.97 Å². The zero-order chi connectivity index (χ0) is 15.1. The van der Waals surface area contributed by atoms with Gasteiger partial charge in [0.25, 0.3) is 15.7 Å². The molecule has 3 N–H and O–H groups in total. The number of rotatable bonds is 3. The highest BCUT2D eigenvalue weighted by atomic mass is 32.2. The monoisotopic (exact) mass is 298 g/mol. The van der Waals surface area contributed by atoms with Gasteiger partial charge in [0.05, 0.1) is 10.9 Å². The third-order valence-electron chi connectivity index (χ3n) is 2.85. The van der Waals surface area contributed by atoms with Gasteiger partial charge in [-0.1, -0.05) is 19.9 Å². The van der Waals surface area contributed by atoms with Gasteiger partial charge in [-0.3, -0.25) is 14.3 Å². The summed E-state index contributed by atoms with van der Waals surface area (Å²) in [5, 5.41) is 0.0772. The first-order chi connectivity index (χ1) is 9.20. The minimum Gasteiger partial charge on any atom is -0.305 e. The van der Waals surface area contributed by atoms with Gasteiger partial charge < -0.3 is 4.98 Å². The van der Waals surface area contributed by atoms with Crippen molar-refractivity contribution in [3.05, 3.63) is 38.5 Å². The van der Waals surface area contributed by atoms with Crippen molar-refractivity contribution in [3.8, 4) is 0 Å². The van der Waals surface area contributed by atoms with E-state index in [-0.39, 0.29) is 16.8 Å². The topological polar surface area (TPSA) is 120 Å². The summed E-state index contributed by atoms with van der Waals surface area (Å²) in [6.07, 6.45) is 0.539. The molecule has 0 bridgehead atoms. The van der Waals surface area contributed by atoms with Gasteiger partial charge >= 0.3 is 5.69 Å². The summed E-state index contributed by atoms with van der Waals surface area (Å²) < 4.78 is 31.8. The smallest absolute Gasteiger partial charge is 0.305 e. The van der Waals surface area contributed by atoms with Gasteiger partial charge in [-0.15, -0.1) is 0 Å². The summed E-state index contributed by atoms with van der Waals surface area (Å²) >= 11 is 0. The Labute approximate surface area is 114 Å². The Hall–Kier alpha value is -1.93. The molecule has 0 fully saturated rings. The Bertz CT molecular complexity index is 877. The Kier molecular flexibility index (Phi) is 3.53. The van der Waals surface area contributed by atoms with Crippen LogP contribution >= 0.6 is 0 Å². The van der Waals surface area contributed by atoms with Gasteiger partial charge in [-0.05, 0) is 24.0 Å². The van der Waals surface area contributed by atoms with Gasteiger partial charge in [0.15, 0.2) is 0 Å². The molecule has 0 atom stereocenters. The van der Waals surface area contributed by atoms with Crippen LogP contribution in [0, 0.1) is 5.92 Å². The molecule has 0 saturated carbocycles. The second-order valence-electron chi connectivity index (χ2n) is 4.95. The van der Waals surface area contributed by atoms with E-state index in [9.17, 15) is 22.6 Å². The molecule has 1 aromatic heterocycles. The van der Waals surface area contributed by atoms with E-state index in [4.69, 9.17) is 0 Å². The summed E-state index contributed by atoms with van der Waals surface area (Å²) in [6, 6.07) is 2.66. The molecule has 108 valence electrons. The van der Waals surface area contributed by atoms with Crippen molar-refractivity contribution in [3.63, 3.8) is 0 Å². The molecule has 0 aliphatic rings. The molecule has 0 aliphatic heterocycles. The van der Waals surface area contributed by atoms with Crippen LogP contribution in [0.3, 0.4) is 0 Å². The highest BCUT2D eigenvalue weighted by molar-refractivity contribution is 7.86. The molecule has 0 amide bonds. The van der Waals surface area contributed by atoms with Gasteiger partial charge in [0.1, 0.15) is 4.90 Å². The lowest BCUT2D eigenvalue weighted by atomic mass is 9.99. The van der Waals surface area contributed by atoms with Crippen LogP contribution in [-0.2, 0) is 16.5 Å². The Morgan fingerprint density at radius 1 is 1.20 bits per heavy atom. The van der Waals surface area contributed by atoms with E-state index in [0.29, 0.717) is 12.0 Å². The van der Waals surface area contributed by atoms with E-state index in [1.165, 1.54) is 12.1 Å². The van der Waals surface area contributed by atoms with Crippen LogP contribution in [-0.4, -0.2) is 22.9 Å². The normalized spacial score (nSPS) is 12.2. The first-order valence-electron chi connectivity index (χ1n) is 5.96. The van der Waals surface area contributed by atoms with Crippen LogP contribution in [0.25, 0.3) is 10.9 Å². The zero-order valence-electron chi connectivity index (χ0n) is 10.9. The summed E-state index contributed by atoms with van der Waals surface area (Å²) in [6.45, 7) is 3.89. The van der Waals surface area contributed by atoms with Gasteiger partial charge in [0, 0.05) is 0 Å². The molecule has 1 heterocycles. The summed E-state index contributed by atoms with van der Waals surface area (Å²) in [5.74, 6) is 0.237. The molecule has 7 nitrogen and oxygen atoms in total. The fraction of sp³-hybridized carbons (Fsp3) is 0.333. The van der Waals surface area contributed by atoms with E-state index in [1.54, 1.807) is 0 Å². The fourth-order valence-electron chi connectivity index (χ4n) is 2.15. The first-order valence-corrected chi connectivity index (χ1v) is 7.40. The third-order valence-corrected chi connectivity index (χ3v) is 3.75. The number of nitrogens with one attached hydrogen (secondary N) is 2. The second-order valence-corrected chi connectivity index (χ2v) is 6.34. The molecule has 0 saturated heterocycles. The van der Waals surface area contributed by atoms with Crippen LogP contribution in [0.5, 0.6) is 0 Å². The Morgan fingerprint density at radius 3 is 2.40 bits per heavy atom. The maximum Gasteiger partial charge on any atom is 0.326 e. The van der Waals surface area contributed by atoms with E-state index in [1.807, 2.05) is 13.8 Å². The van der Waals surface area contributed by atoms with Crippen molar-refractivity contribution in [2.75, 3.05) is 0 Å². The number of hydrogen-bond donors (Lipinski definition) is 3. The van der Waals surface area contributed by atoms with Crippen molar-refractivity contribution >= 4 is 21.0 Å². The number of H-pyrrole nitrogens is 2. The molecular formula is C12H14N2O5S.